The number of β-amino-alcohol motifs (C(OH)–C–C–N with tert-alkyl or cyclic N) is 1. The van der Waals surface area contributed by atoms with E-state index in [1.165, 1.54) is 12.3 Å². The summed E-state index contributed by atoms with van der Waals surface area (Å²) in [6.45, 7) is 4.56. The lowest BCUT2D eigenvalue weighted by atomic mass is 10.0. The smallest absolute Gasteiger partial charge is 0.287 e. The lowest BCUT2D eigenvalue weighted by Crippen LogP contribution is -2.47. The summed E-state index contributed by atoms with van der Waals surface area (Å²) >= 11 is 0. The van der Waals surface area contributed by atoms with Crippen molar-refractivity contribution in [3.05, 3.63) is 54.0 Å². The summed E-state index contributed by atoms with van der Waals surface area (Å²) in [5.41, 5.74) is 0.893. The highest BCUT2D eigenvalue weighted by Gasteiger charge is 2.27. The Balaban J connectivity index is 1.68. The molecule has 30 heavy (non-hydrogen) atoms. The van der Waals surface area contributed by atoms with Crippen LogP contribution in [0.3, 0.4) is 0 Å². The monoisotopic (exact) mass is 413 g/mol. The zero-order valence-electron chi connectivity index (χ0n) is 17.1. The van der Waals surface area contributed by atoms with Crippen LogP contribution in [0.4, 0.5) is 5.69 Å². The number of amides is 3. The average molecular weight is 413 g/mol. The average Bonchev–Trinajstić information content (AvgIpc) is 3.26. The van der Waals surface area contributed by atoms with Crippen molar-refractivity contribution < 1.29 is 23.9 Å². The van der Waals surface area contributed by atoms with Crippen LogP contribution in [-0.4, -0.2) is 53.0 Å². The number of rotatable bonds is 6. The van der Waals surface area contributed by atoms with Gasteiger partial charge < -0.3 is 25.1 Å². The molecule has 8 heteroatoms. The van der Waals surface area contributed by atoms with E-state index in [-0.39, 0.29) is 23.5 Å². The van der Waals surface area contributed by atoms with Gasteiger partial charge in [0, 0.05) is 24.3 Å². The summed E-state index contributed by atoms with van der Waals surface area (Å²) < 4.78 is 5.08. The SMILES string of the molecule is CC(C)[C@H](NC(=O)c1ccco1)C(=O)Nc1cccc(C(=O)N2CCC[C@H](O)C2)c1. The highest BCUT2D eigenvalue weighted by molar-refractivity contribution is 6.01. The molecule has 0 aliphatic carbocycles. The number of hydrogen-bond donors (Lipinski definition) is 3. The standard InChI is InChI=1S/C22H27N3O5/c1-14(2)19(24-20(27)18-9-5-11-30-18)21(28)23-16-7-3-6-15(12-16)22(29)25-10-4-8-17(26)13-25/h3,5-7,9,11-12,14,17,19,26H,4,8,10,13H2,1-2H3,(H,23,28)(H,24,27)/t17-,19-/m0/s1. The molecule has 0 saturated carbocycles. The van der Waals surface area contributed by atoms with Crippen molar-refractivity contribution in [3.8, 4) is 0 Å². The number of piperidine rings is 1. The van der Waals surface area contributed by atoms with Crippen LogP contribution in [0.25, 0.3) is 0 Å². The molecular formula is C22H27N3O5. The van der Waals surface area contributed by atoms with Crippen LogP contribution in [0.2, 0.25) is 0 Å². The molecule has 3 N–H and O–H groups in total. The van der Waals surface area contributed by atoms with Crippen molar-refractivity contribution in [1.82, 2.24) is 10.2 Å². The molecule has 2 heterocycles. The van der Waals surface area contributed by atoms with Gasteiger partial charge in [0.05, 0.1) is 12.4 Å². The molecule has 1 aromatic heterocycles. The van der Waals surface area contributed by atoms with Gasteiger partial charge in [0.1, 0.15) is 6.04 Å². The van der Waals surface area contributed by atoms with Crippen LogP contribution in [0.1, 0.15) is 47.6 Å². The van der Waals surface area contributed by atoms with Crippen molar-refractivity contribution in [3.63, 3.8) is 0 Å². The fourth-order valence-corrected chi connectivity index (χ4v) is 3.43. The summed E-state index contributed by atoms with van der Waals surface area (Å²) in [4.78, 5) is 39.4. The maximum Gasteiger partial charge on any atom is 0.287 e. The Bertz CT molecular complexity index is 894. The number of furan rings is 1. The minimum absolute atomic E-state index is 0.129. The van der Waals surface area contributed by atoms with Gasteiger partial charge in [-0.25, -0.2) is 0 Å². The van der Waals surface area contributed by atoms with Crippen LogP contribution in [0.15, 0.2) is 47.1 Å². The van der Waals surface area contributed by atoms with E-state index in [4.69, 9.17) is 4.42 Å². The van der Waals surface area contributed by atoms with E-state index in [0.29, 0.717) is 30.8 Å². The first-order valence-electron chi connectivity index (χ1n) is 10.1. The van der Waals surface area contributed by atoms with Crippen molar-refractivity contribution in [2.75, 3.05) is 18.4 Å². The van der Waals surface area contributed by atoms with E-state index in [2.05, 4.69) is 10.6 Å². The number of aliphatic hydroxyl groups excluding tert-OH is 1. The summed E-state index contributed by atoms with van der Waals surface area (Å²) in [7, 11) is 0. The first kappa shape index (κ1) is 21.6. The molecule has 0 bridgehead atoms. The predicted octanol–water partition coefficient (Wildman–Crippen LogP) is 2.27. The molecule has 2 atom stereocenters. The van der Waals surface area contributed by atoms with Gasteiger partial charge in [0.2, 0.25) is 5.91 Å². The van der Waals surface area contributed by atoms with Gasteiger partial charge in [-0.1, -0.05) is 19.9 Å². The number of nitrogens with zero attached hydrogens (tertiary/aromatic N) is 1. The first-order chi connectivity index (χ1) is 14.3. The van der Waals surface area contributed by atoms with Gasteiger partial charge in [-0.15, -0.1) is 0 Å². The molecule has 1 saturated heterocycles. The topological polar surface area (TPSA) is 112 Å². The van der Waals surface area contributed by atoms with E-state index >= 15 is 0 Å². The molecular weight excluding hydrogens is 386 g/mol. The number of anilines is 1. The second-order valence-electron chi connectivity index (χ2n) is 7.79. The number of likely N-dealkylation sites (tertiary alicyclic amines) is 1. The van der Waals surface area contributed by atoms with Gasteiger partial charge in [0.25, 0.3) is 11.8 Å². The van der Waals surface area contributed by atoms with Gasteiger partial charge in [-0.2, -0.15) is 0 Å². The van der Waals surface area contributed by atoms with Crippen LogP contribution in [0, 0.1) is 5.92 Å². The molecule has 0 unspecified atom stereocenters. The third-order valence-electron chi connectivity index (χ3n) is 5.04. The summed E-state index contributed by atoms with van der Waals surface area (Å²) in [6.07, 6.45) is 2.34. The molecule has 2 aromatic rings. The van der Waals surface area contributed by atoms with Crippen molar-refractivity contribution >= 4 is 23.4 Å². The zero-order chi connectivity index (χ0) is 21.7. The Labute approximate surface area is 175 Å². The van der Waals surface area contributed by atoms with E-state index in [1.807, 2.05) is 13.8 Å². The Morgan fingerprint density at radius 1 is 1.20 bits per heavy atom. The molecule has 3 rings (SSSR count). The second-order valence-corrected chi connectivity index (χ2v) is 7.79. The molecule has 1 aliphatic rings. The van der Waals surface area contributed by atoms with Crippen LogP contribution in [0.5, 0.6) is 0 Å². The lowest BCUT2D eigenvalue weighted by Gasteiger charge is -2.30. The van der Waals surface area contributed by atoms with E-state index in [9.17, 15) is 19.5 Å². The third kappa shape index (κ3) is 5.27. The summed E-state index contributed by atoms with van der Waals surface area (Å²) in [5.74, 6) is -1.07. The van der Waals surface area contributed by atoms with Crippen LogP contribution >= 0.6 is 0 Å². The minimum atomic E-state index is -0.779. The molecule has 0 spiro atoms. The molecule has 1 aliphatic heterocycles. The van der Waals surface area contributed by atoms with Crippen molar-refractivity contribution in [1.29, 1.82) is 0 Å². The molecule has 0 radical (unpaired) electrons. The number of nitrogens with one attached hydrogen (secondary N) is 2. The van der Waals surface area contributed by atoms with Crippen molar-refractivity contribution in [2.24, 2.45) is 5.92 Å². The molecule has 1 aromatic carbocycles. The molecule has 8 nitrogen and oxygen atoms in total. The van der Waals surface area contributed by atoms with Gasteiger partial charge in [-0.3, -0.25) is 14.4 Å². The zero-order valence-corrected chi connectivity index (χ0v) is 17.1. The van der Waals surface area contributed by atoms with Gasteiger partial charge >= 0.3 is 0 Å². The number of carbonyl (C=O) groups excluding carboxylic acids is 3. The van der Waals surface area contributed by atoms with Gasteiger partial charge in [0.15, 0.2) is 5.76 Å². The van der Waals surface area contributed by atoms with Crippen molar-refractivity contribution in [2.45, 2.75) is 38.8 Å². The first-order valence-corrected chi connectivity index (χ1v) is 10.1. The van der Waals surface area contributed by atoms with Gasteiger partial charge in [-0.05, 0) is 49.1 Å². The largest absolute Gasteiger partial charge is 0.459 e. The summed E-state index contributed by atoms with van der Waals surface area (Å²) in [5, 5.41) is 15.3. The Hall–Kier alpha value is -3.13. The highest BCUT2D eigenvalue weighted by atomic mass is 16.3. The number of hydrogen-bond acceptors (Lipinski definition) is 5. The van der Waals surface area contributed by atoms with E-state index in [1.54, 1.807) is 35.2 Å². The van der Waals surface area contributed by atoms with Crippen LogP contribution in [-0.2, 0) is 4.79 Å². The Morgan fingerprint density at radius 2 is 2.00 bits per heavy atom. The lowest BCUT2D eigenvalue weighted by molar-refractivity contribution is -0.118. The number of aliphatic hydroxyl groups is 1. The molecule has 3 amide bonds. The number of carbonyl (C=O) groups is 3. The third-order valence-corrected chi connectivity index (χ3v) is 5.04. The maximum absolute atomic E-state index is 12.8. The minimum Gasteiger partial charge on any atom is -0.459 e. The maximum atomic E-state index is 12.8. The summed E-state index contributed by atoms with van der Waals surface area (Å²) in [6, 6.07) is 9.00. The molecule has 1 fully saturated rings. The highest BCUT2D eigenvalue weighted by Crippen LogP contribution is 2.18. The fraction of sp³-hybridized carbons (Fsp3) is 0.409. The van der Waals surface area contributed by atoms with E-state index in [0.717, 1.165) is 6.42 Å². The van der Waals surface area contributed by atoms with Crippen LogP contribution < -0.4 is 10.6 Å². The molecule has 160 valence electrons. The second kappa shape index (κ2) is 9.58. The normalized spacial score (nSPS) is 17.5. The Kier molecular flexibility index (Phi) is 6.89. The Morgan fingerprint density at radius 3 is 2.67 bits per heavy atom. The quantitative estimate of drug-likeness (QED) is 0.673. The number of benzene rings is 1. The predicted molar refractivity (Wildman–Crippen MR) is 111 cm³/mol. The van der Waals surface area contributed by atoms with E-state index < -0.39 is 18.1 Å². The fourth-order valence-electron chi connectivity index (χ4n) is 3.43.